The lowest BCUT2D eigenvalue weighted by Crippen LogP contribution is -2.30. The van der Waals surface area contributed by atoms with Crippen LogP contribution in [0.15, 0.2) is 48.6 Å². The Labute approximate surface area is 479 Å². The fourth-order valence-corrected chi connectivity index (χ4v) is 10.2. The maximum absolute atomic E-state index is 12.9. The molecule has 0 N–H and O–H groups in total. The molecule has 0 spiro atoms. The maximum Gasteiger partial charge on any atom is 0.306 e. The standard InChI is InChI=1S/C71H130O6/c1-4-7-10-13-16-19-22-25-28-31-32-33-34-35-36-37-38-39-40-41-44-46-49-52-55-58-61-64-70(73)76-67-68(77-71(74)65-62-59-56-53-50-47-43-30-27-24-21-18-15-12-9-6-3)66-75-69(72)63-60-57-54-51-48-45-42-29-26-23-20-17-14-11-8-5-2/h21-22,24-25,30-32,43,68H,4-20,23,26-29,33-42,44-67H2,1-3H3/b24-21-,25-22-,32-31-,43-30-. The summed E-state index contributed by atoms with van der Waals surface area (Å²) in [6.07, 6.45) is 82.7. The Morgan fingerprint density at radius 2 is 0.468 bits per heavy atom. The molecule has 1 unspecified atom stereocenters. The fourth-order valence-electron chi connectivity index (χ4n) is 10.2. The van der Waals surface area contributed by atoms with Crippen molar-refractivity contribution < 1.29 is 28.6 Å². The molecule has 450 valence electrons. The molecule has 0 saturated carbocycles. The number of rotatable bonds is 63. The molecule has 0 rings (SSSR count). The second-order valence-electron chi connectivity index (χ2n) is 23.1. The summed E-state index contributed by atoms with van der Waals surface area (Å²) < 4.78 is 17.0. The molecule has 0 aromatic heterocycles. The van der Waals surface area contributed by atoms with Gasteiger partial charge >= 0.3 is 17.9 Å². The third-order valence-electron chi connectivity index (χ3n) is 15.3. The molecule has 0 amide bonds. The Morgan fingerprint density at radius 1 is 0.260 bits per heavy atom. The van der Waals surface area contributed by atoms with E-state index in [0.717, 1.165) is 89.9 Å². The first kappa shape index (κ1) is 74.4. The Kier molecular flexibility index (Phi) is 63.6. The first-order valence-corrected chi connectivity index (χ1v) is 34.1. The molecule has 0 aliphatic carbocycles. The second-order valence-corrected chi connectivity index (χ2v) is 23.1. The van der Waals surface area contributed by atoms with E-state index in [1.54, 1.807) is 0 Å². The normalized spacial score (nSPS) is 12.3. The zero-order valence-electron chi connectivity index (χ0n) is 51.7. The van der Waals surface area contributed by atoms with Crippen LogP contribution in [0.1, 0.15) is 367 Å². The SMILES string of the molecule is CCCCCC/C=C\C/C=C\CCCCCCCC(=O)OC(COC(=O)CCCCCCCCCCCCCCCCCC)COC(=O)CCCCCCCCCCCCCCCCC/C=C\C/C=C\CCCCCCC. The average molecular weight is 1080 g/mol. The number of esters is 3. The van der Waals surface area contributed by atoms with Crippen molar-refractivity contribution in [3.8, 4) is 0 Å². The second kappa shape index (κ2) is 65.9. The van der Waals surface area contributed by atoms with Crippen LogP contribution in [0.3, 0.4) is 0 Å². The van der Waals surface area contributed by atoms with Crippen molar-refractivity contribution in [3.05, 3.63) is 48.6 Å². The lowest BCUT2D eigenvalue weighted by Gasteiger charge is -2.18. The highest BCUT2D eigenvalue weighted by Crippen LogP contribution is 2.18. The molecule has 0 saturated heterocycles. The summed E-state index contributed by atoms with van der Waals surface area (Å²) in [6, 6.07) is 0. The van der Waals surface area contributed by atoms with Crippen LogP contribution in [0.25, 0.3) is 0 Å². The molecule has 0 bridgehead atoms. The van der Waals surface area contributed by atoms with E-state index < -0.39 is 6.10 Å². The third-order valence-corrected chi connectivity index (χ3v) is 15.3. The van der Waals surface area contributed by atoms with E-state index in [-0.39, 0.29) is 31.1 Å². The smallest absolute Gasteiger partial charge is 0.306 e. The van der Waals surface area contributed by atoms with Crippen LogP contribution in [0, 0.1) is 0 Å². The predicted octanol–water partition coefficient (Wildman–Crippen LogP) is 23.3. The first-order valence-electron chi connectivity index (χ1n) is 34.1. The van der Waals surface area contributed by atoms with Gasteiger partial charge in [0, 0.05) is 19.3 Å². The number of hydrogen-bond acceptors (Lipinski definition) is 6. The highest BCUT2D eigenvalue weighted by molar-refractivity contribution is 5.71. The number of ether oxygens (including phenoxy) is 3. The van der Waals surface area contributed by atoms with Crippen molar-refractivity contribution in [2.24, 2.45) is 0 Å². The maximum atomic E-state index is 12.9. The minimum atomic E-state index is -0.779. The first-order chi connectivity index (χ1) is 38.0. The van der Waals surface area contributed by atoms with Gasteiger partial charge in [0.15, 0.2) is 6.10 Å². The van der Waals surface area contributed by atoms with Crippen LogP contribution < -0.4 is 0 Å². The number of hydrogen-bond donors (Lipinski definition) is 0. The predicted molar refractivity (Wildman–Crippen MR) is 335 cm³/mol. The van der Waals surface area contributed by atoms with E-state index in [2.05, 4.69) is 69.4 Å². The summed E-state index contributed by atoms with van der Waals surface area (Å²) in [6.45, 7) is 6.66. The van der Waals surface area contributed by atoms with Crippen LogP contribution >= 0.6 is 0 Å². The monoisotopic (exact) mass is 1080 g/mol. The van der Waals surface area contributed by atoms with Crippen molar-refractivity contribution in [1.82, 2.24) is 0 Å². The zero-order chi connectivity index (χ0) is 55.7. The van der Waals surface area contributed by atoms with Gasteiger partial charge in [-0.15, -0.1) is 0 Å². The van der Waals surface area contributed by atoms with Crippen molar-refractivity contribution >= 4 is 17.9 Å². The summed E-state index contributed by atoms with van der Waals surface area (Å²) in [4.78, 5) is 38.4. The van der Waals surface area contributed by atoms with Gasteiger partial charge in [0.05, 0.1) is 0 Å². The molecular weight excluding hydrogens is 949 g/mol. The highest BCUT2D eigenvalue weighted by Gasteiger charge is 2.19. The molecule has 0 aromatic rings. The van der Waals surface area contributed by atoms with E-state index >= 15 is 0 Å². The Bertz CT molecular complexity index is 1330. The average Bonchev–Trinajstić information content (AvgIpc) is 3.43. The molecule has 0 radical (unpaired) electrons. The summed E-state index contributed by atoms with van der Waals surface area (Å²) in [5, 5.41) is 0. The van der Waals surface area contributed by atoms with E-state index in [0.29, 0.717) is 19.3 Å². The Morgan fingerprint density at radius 3 is 0.727 bits per heavy atom. The molecule has 0 aliphatic rings. The number of unbranched alkanes of at least 4 members (excludes halogenated alkanes) is 44. The summed E-state index contributed by atoms with van der Waals surface area (Å²) in [7, 11) is 0. The Balaban J connectivity index is 4.25. The lowest BCUT2D eigenvalue weighted by atomic mass is 10.0. The van der Waals surface area contributed by atoms with Crippen molar-refractivity contribution in [1.29, 1.82) is 0 Å². The quantitative estimate of drug-likeness (QED) is 0.0261. The van der Waals surface area contributed by atoms with Gasteiger partial charge in [0.1, 0.15) is 13.2 Å². The van der Waals surface area contributed by atoms with Gasteiger partial charge < -0.3 is 14.2 Å². The minimum Gasteiger partial charge on any atom is -0.462 e. The van der Waals surface area contributed by atoms with Crippen molar-refractivity contribution in [2.45, 2.75) is 374 Å². The molecule has 0 aromatic carbocycles. The fraction of sp³-hybridized carbons (Fsp3) is 0.845. The highest BCUT2D eigenvalue weighted by atomic mass is 16.6. The lowest BCUT2D eigenvalue weighted by molar-refractivity contribution is -0.167. The van der Waals surface area contributed by atoms with E-state index in [1.165, 1.54) is 238 Å². The van der Waals surface area contributed by atoms with Crippen molar-refractivity contribution in [3.63, 3.8) is 0 Å². The van der Waals surface area contributed by atoms with Crippen molar-refractivity contribution in [2.75, 3.05) is 13.2 Å². The summed E-state index contributed by atoms with van der Waals surface area (Å²) >= 11 is 0. The van der Waals surface area contributed by atoms with Gasteiger partial charge in [0.25, 0.3) is 0 Å². The van der Waals surface area contributed by atoms with Crippen LogP contribution in [0.2, 0.25) is 0 Å². The van der Waals surface area contributed by atoms with E-state index in [4.69, 9.17) is 14.2 Å². The third kappa shape index (κ3) is 64.1. The van der Waals surface area contributed by atoms with Crippen LogP contribution in [-0.4, -0.2) is 37.2 Å². The van der Waals surface area contributed by atoms with Gasteiger partial charge in [-0.3, -0.25) is 14.4 Å². The molecule has 6 nitrogen and oxygen atoms in total. The molecule has 0 aliphatic heterocycles. The van der Waals surface area contributed by atoms with Gasteiger partial charge in [-0.1, -0.05) is 313 Å². The Hall–Kier alpha value is -2.63. The summed E-state index contributed by atoms with van der Waals surface area (Å²) in [5.74, 6) is -0.863. The van der Waals surface area contributed by atoms with Gasteiger partial charge in [-0.2, -0.15) is 0 Å². The van der Waals surface area contributed by atoms with E-state index in [1.807, 2.05) is 0 Å². The molecule has 1 atom stereocenters. The molecule has 77 heavy (non-hydrogen) atoms. The summed E-state index contributed by atoms with van der Waals surface area (Å²) in [5.41, 5.74) is 0. The number of carbonyl (C=O) groups excluding carboxylic acids is 3. The largest absolute Gasteiger partial charge is 0.462 e. The van der Waals surface area contributed by atoms with Gasteiger partial charge in [-0.05, 0) is 83.5 Å². The zero-order valence-corrected chi connectivity index (χ0v) is 51.7. The molecule has 0 heterocycles. The van der Waals surface area contributed by atoms with Gasteiger partial charge in [-0.25, -0.2) is 0 Å². The topological polar surface area (TPSA) is 78.9 Å². The minimum absolute atomic E-state index is 0.0741. The molecular formula is C71H130O6. The number of carbonyl (C=O) groups is 3. The van der Waals surface area contributed by atoms with Crippen LogP contribution in [-0.2, 0) is 28.6 Å². The molecule has 0 fully saturated rings. The van der Waals surface area contributed by atoms with Crippen LogP contribution in [0.5, 0.6) is 0 Å². The molecule has 6 heteroatoms. The van der Waals surface area contributed by atoms with Crippen LogP contribution in [0.4, 0.5) is 0 Å². The van der Waals surface area contributed by atoms with E-state index in [9.17, 15) is 14.4 Å². The number of allylic oxidation sites excluding steroid dienone is 8. The van der Waals surface area contributed by atoms with Gasteiger partial charge in [0.2, 0.25) is 0 Å².